The smallest absolute Gasteiger partial charge is 0.120 e. The van der Waals surface area contributed by atoms with Crippen LogP contribution < -0.4 is 0 Å². The fourth-order valence-electron chi connectivity index (χ4n) is 3.54. The molecule has 0 amide bonds. The van der Waals surface area contributed by atoms with Gasteiger partial charge in [0.1, 0.15) is 5.60 Å². The van der Waals surface area contributed by atoms with Crippen LogP contribution >= 0.6 is 0 Å². The van der Waals surface area contributed by atoms with E-state index in [0.29, 0.717) is 0 Å². The maximum Gasteiger partial charge on any atom is 0.120 e. The Morgan fingerprint density at radius 1 is 0.625 bits per heavy atom. The molecule has 24 heavy (non-hydrogen) atoms. The van der Waals surface area contributed by atoms with Crippen LogP contribution in [0.3, 0.4) is 0 Å². The van der Waals surface area contributed by atoms with Gasteiger partial charge in [0.15, 0.2) is 0 Å². The molecule has 0 aliphatic heterocycles. The Labute approximate surface area is 144 Å². The Morgan fingerprint density at radius 3 is 1.42 bits per heavy atom. The van der Waals surface area contributed by atoms with Crippen molar-refractivity contribution in [1.29, 1.82) is 0 Å². The molecule has 122 valence electrons. The third-order valence-corrected chi connectivity index (χ3v) is 4.85. The molecule has 0 aliphatic carbocycles. The van der Waals surface area contributed by atoms with Gasteiger partial charge >= 0.3 is 0 Å². The van der Waals surface area contributed by atoms with Gasteiger partial charge in [0.25, 0.3) is 0 Å². The number of hydrogen-bond acceptors (Lipinski definition) is 1. The van der Waals surface area contributed by atoms with Crippen LogP contribution in [0.25, 0.3) is 0 Å². The van der Waals surface area contributed by atoms with Crippen LogP contribution in [0.15, 0.2) is 91.0 Å². The van der Waals surface area contributed by atoms with Crippen molar-refractivity contribution in [3.63, 3.8) is 0 Å². The summed E-state index contributed by atoms with van der Waals surface area (Å²) in [5.74, 6) is 0. The second-order valence-electron chi connectivity index (χ2n) is 6.99. The Hall–Kier alpha value is -2.38. The number of aliphatic hydroxyl groups is 1. The van der Waals surface area contributed by atoms with Gasteiger partial charge in [-0.25, -0.2) is 0 Å². The Kier molecular flexibility index (Phi) is 4.55. The van der Waals surface area contributed by atoms with Crippen LogP contribution in [-0.4, -0.2) is 5.11 Å². The van der Waals surface area contributed by atoms with Gasteiger partial charge in [0, 0.05) is 5.41 Å². The van der Waals surface area contributed by atoms with Gasteiger partial charge in [-0.1, -0.05) is 105 Å². The van der Waals surface area contributed by atoms with E-state index in [1.165, 1.54) is 5.56 Å². The third-order valence-electron chi connectivity index (χ3n) is 4.85. The number of hydrogen-bond donors (Lipinski definition) is 1. The van der Waals surface area contributed by atoms with Crippen LogP contribution in [0.5, 0.6) is 0 Å². The zero-order valence-corrected chi connectivity index (χ0v) is 14.3. The lowest BCUT2D eigenvalue weighted by molar-refractivity contribution is -0.0366. The molecule has 0 aliphatic rings. The van der Waals surface area contributed by atoms with E-state index in [1.807, 2.05) is 66.7 Å². The van der Waals surface area contributed by atoms with Crippen molar-refractivity contribution in [2.24, 2.45) is 5.41 Å². The average molecular weight is 316 g/mol. The summed E-state index contributed by atoms with van der Waals surface area (Å²) in [6.07, 6.45) is 0.786. The highest BCUT2D eigenvalue weighted by Crippen LogP contribution is 2.46. The van der Waals surface area contributed by atoms with Crippen molar-refractivity contribution < 1.29 is 5.11 Å². The van der Waals surface area contributed by atoms with Crippen LogP contribution in [-0.2, 0) is 12.0 Å². The highest BCUT2D eigenvalue weighted by atomic mass is 16.3. The molecule has 0 atom stereocenters. The zero-order chi connectivity index (χ0) is 17.0. The summed E-state index contributed by atoms with van der Waals surface area (Å²) >= 11 is 0. The molecule has 3 rings (SSSR count). The summed E-state index contributed by atoms with van der Waals surface area (Å²) < 4.78 is 0. The molecule has 1 heteroatoms. The largest absolute Gasteiger partial charge is 0.380 e. The van der Waals surface area contributed by atoms with Crippen molar-refractivity contribution in [1.82, 2.24) is 0 Å². The van der Waals surface area contributed by atoms with Gasteiger partial charge in [-0.2, -0.15) is 0 Å². The maximum absolute atomic E-state index is 11.9. The van der Waals surface area contributed by atoms with E-state index < -0.39 is 5.60 Å². The van der Waals surface area contributed by atoms with E-state index in [-0.39, 0.29) is 5.41 Å². The minimum atomic E-state index is -1.06. The highest BCUT2D eigenvalue weighted by molar-refractivity contribution is 5.39. The summed E-state index contributed by atoms with van der Waals surface area (Å²) in [6, 6.07) is 30.4. The van der Waals surface area contributed by atoms with Gasteiger partial charge < -0.3 is 5.11 Å². The first-order chi connectivity index (χ1) is 11.5. The predicted octanol–water partition coefficient (Wildman–Crippen LogP) is 5.19. The fourth-order valence-corrected chi connectivity index (χ4v) is 3.54. The fraction of sp³-hybridized carbons (Fsp3) is 0.217. The van der Waals surface area contributed by atoms with Gasteiger partial charge in [-0.15, -0.1) is 0 Å². The Bertz CT molecular complexity index is 721. The van der Waals surface area contributed by atoms with Crippen molar-refractivity contribution in [2.75, 3.05) is 0 Å². The number of benzene rings is 3. The third kappa shape index (κ3) is 3.00. The molecule has 0 saturated carbocycles. The molecule has 0 spiro atoms. The lowest BCUT2D eigenvalue weighted by Gasteiger charge is -2.44. The number of rotatable bonds is 5. The van der Waals surface area contributed by atoms with Crippen molar-refractivity contribution >= 4 is 0 Å². The standard InChI is InChI=1S/C23H24O/c1-22(2,18-19-12-6-3-7-13-19)23(24,20-14-8-4-9-15-20)21-16-10-5-11-17-21/h3-17,24H,18H2,1-2H3. The summed E-state index contributed by atoms with van der Waals surface area (Å²) in [6.45, 7) is 4.28. The minimum absolute atomic E-state index is 0.378. The van der Waals surface area contributed by atoms with E-state index in [0.717, 1.165) is 17.5 Å². The lowest BCUT2D eigenvalue weighted by atomic mass is 9.64. The van der Waals surface area contributed by atoms with Gasteiger partial charge in [-0.3, -0.25) is 0 Å². The van der Waals surface area contributed by atoms with Gasteiger partial charge in [0.05, 0.1) is 0 Å². The van der Waals surface area contributed by atoms with Crippen LogP contribution in [0.2, 0.25) is 0 Å². The van der Waals surface area contributed by atoms with Crippen LogP contribution in [0.4, 0.5) is 0 Å². The van der Waals surface area contributed by atoms with Crippen LogP contribution in [0.1, 0.15) is 30.5 Å². The Morgan fingerprint density at radius 2 is 1.00 bits per heavy atom. The molecule has 0 unspecified atom stereocenters. The molecule has 1 nitrogen and oxygen atoms in total. The lowest BCUT2D eigenvalue weighted by Crippen LogP contribution is -2.44. The van der Waals surface area contributed by atoms with E-state index in [9.17, 15) is 5.11 Å². The zero-order valence-electron chi connectivity index (χ0n) is 14.3. The monoisotopic (exact) mass is 316 g/mol. The average Bonchev–Trinajstić information content (AvgIpc) is 2.63. The van der Waals surface area contributed by atoms with Crippen molar-refractivity contribution in [2.45, 2.75) is 25.9 Å². The molecule has 0 fully saturated rings. The van der Waals surface area contributed by atoms with E-state index in [2.05, 4.69) is 38.1 Å². The molecule has 3 aromatic rings. The molecule has 0 radical (unpaired) electrons. The molecule has 0 aromatic heterocycles. The summed E-state index contributed by atoms with van der Waals surface area (Å²) in [7, 11) is 0. The molecule has 3 aromatic carbocycles. The maximum atomic E-state index is 11.9. The van der Waals surface area contributed by atoms with Crippen LogP contribution in [0, 0.1) is 5.41 Å². The predicted molar refractivity (Wildman–Crippen MR) is 99.8 cm³/mol. The second kappa shape index (κ2) is 6.62. The topological polar surface area (TPSA) is 20.2 Å². The molecule has 1 N–H and O–H groups in total. The summed E-state index contributed by atoms with van der Waals surface area (Å²) in [5.41, 5.74) is 1.64. The molecular formula is C23H24O. The first-order valence-corrected chi connectivity index (χ1v) is 8.41. The van der Waals surface area contributed by atoms with E-state index >= 15 is 0 Å². The molecular weight excluding hydrogens is 292 g/mol. The normalized spacial score (nSPS) is 12.1. The summed E-state index contributed by atoms with van der Waals surface area (Å²) in [4.78, 5) is 0. The Balaban J connectivity index is 2.11. The van der Waals surface area contributed by atoms with Gasteiger partial charge in [0.2, 0.25) is 0 Å². The highest BCUT2D eigenvalue weighted by Gasteiger charge is 2.46. The minimum Gasteiger partial charge on any atom is -0.380 e. The van der Waals surface area contributed by atoms with Crippen molar-refractivity contribution in [3.8, 4) is 0 Å². The van der Waals surface area contributed by atoms with E-state index in [4.69, 9.17) is 0 Å². The molecule has 0 bridgehead atoms. The van der Waals surface area contributed by atoms with Crippen molar-refractivity contribution in [3.05, 3.63) is 108 Å². The van der Waals surface area contributed by atoms with E-state index in [1.54, 1.807) is 0 Å². The first kappa shape index (κ1) is 16.5. The SMILES string of the molecule is CC(C)(Cc1ccccc1)C(O)(c1ccccc1)c1ccccc1. The van der Waals surface area contributed by atoms with Gasteiger partial charge in [-0.05, 0) is 23.1 Å². The molecule has 0 saturated heterocycles. The molecule has 0 heterocycles. The quantitative estimate of drug-likeness (QED) is 0.686. The summed E-state index contributed by atoms with van der Waals surface area (Å²) in [5, 5.41) is 11.9. The second-order valence-corrected chi connectivity index (χ2v) is 6.99. The first-order valence-electron chi connectivity index (χ1n) is 8.41.